The fraction of sp³-hybridized carbons (Fsp3) is 0.538. The fourth-order valence-electron chi connectivity index (χ4n) is 1.41. The highest BCUT2D eigenvalue weighted by molar-refractivity contribution is 7.99. The minimum absolute atomic E-state index is 0.703. The summed E-state index contributed by atoms with van der Waals surface area (Å²) in [4.78, 5) is 0. The number of thioether (sulfide) groups is 1. The van der Waals surface area contributed by atoms with E-state index in [0.29, 0.717) is 6.54 Å². The maximum absolute atomic E-state index is 5.64. The maximum Gasteiger partial charge on any atom is 0.119 e. The highest BCUT2D eigenvalue weighted by Crippen LogP contribution is 2.13. The molecular weight excluding hydrogens is 218 g/mol. The molecule has 2 N–H and O–H groups in total. The van der Waals surface area contributed by atoms with Crippen molar-refractivity contribution in [2.45, 2.75) is 19.8 Å². The Morgan fingerprint density at radius 1 is 1.25 bits per heavy atom. The van der Waals surface area contributed by atoms with Gasteiger partial charge >= 0.3 is 0 Å². The van der Waals surface area contributed by atoms with Crippen LogP contribution in [0.4, 0.5) is 0 Å². The van der Waals surface area contributed by atoms with E-state index in [2.05, 4.69) is 19.1 Å². The molecule has 0 spiro atoms. The van der Waals surface area contributed by atoms with Crippen LogP contribution in [0.5, 0.6) is 5.75 Å². The third-order valence-electron chi connectivity index (χ3n) is 2.26. The van der Waals surface area contributed by atoms with Gasteiger partial charge in [0.2, 0.25) is 0 Å². The zero-order chi connectivity index (χ0) is 11.6. The van der Waals surface area contributed by atoms with Crippen LogP contribution in [0.25, 0.3) is 0 Å². The van der Waals surface area contributed by atoms with Gasteiger partial charge in [-0.25, -0.2) is 0 Å². The lowest BCUT2D eigenvalue weighted by molar-refractivity contribution is 0.318. The summed E-state index contributed by atoms with van der Waals surface area (Å²) in [6.45, 7) is 3.69. The average Bonchev–Trinajstić information content (AvgIpc) is 2.31. The molecule has 90 valence electrons. The van der Waals surface area contributed by atoms with Crippen LogP contribution in [0.15, 0.2) is 24.3 Å². The van der Waals surface area contributed by atoms with E-state index in [0.717, 1.165) is 25.2 Å². The van der Waals surface area contributed by atoms with E-state index >= 15 is 0 Å². The smallest absolute Gasteiger partial charge is 0.119 e. The minimum Gasteiger partial charge on any atom is -0.494 e. The zero-order valence-corrected chi connectivity index (χ0v) is 10.8. The van der Waals surface area contributed by atoms with Crippen molar-refractivity contribution < 1.29 is 4.74 Å². The Balaban J connectivity index is 2.21. The molecule has 1 aromatic carbocycles. The van der Waals surface area contributed by atoms with Gasteiger partial charge in [-0.1, -0.05) is 19.1 Å². The number of nitrogens with two attached hydrogens (primary N) is 1. The van der Waals surface area contributed by atoms with E-state index in [1.165, 1.54) is 17.1 Å². The van der Waals surface area contributed by atoms with Gasteiger partial charge in [-0.3, -0.25) is 0 Å². The number of hydrogen-bond donors (Lipinski definition) is 1. The first-order valence-electron chi connectivity index (χ1n) is 5.86. The Morgan fingerprint density at radius 2 is 2.00 bits per heavy atom. The molecule has 1 rings (SSSR count). The second-order valence-corrected chi connectivity index (χ2v) is 4.98. The Morgan fingerprint density at radius 3 is 2.62 bits per heavy atom. The van der Waals surface area contributed by atoms with Crippen LogP contribution in [0.2, 0.25) is 0 Å². The molecule has 3 heteroatoms. The van der Waals surface area contributed by atoms with Crippen molar-refractivity contribution >= 4 is 11.8 Å². The quantitative estimate of drug-likeness (QED) is 0.708. The Hall–Kier alpha value is -0.670. The van der Waals surface area contributed by atoms with Gasteiger partial charge in [-0.05, 0) is 48.6 Å². The SMILES string of the molecule is CCSCCCOc1ccc(CCN)cc1. The number of benzene rings is 1. The lowest BCUT2D eigenvalue weighted by Gasteiger charge is -2.06. The van der Waals surface area contributed by atoms with E-state index in [1.807, 2.05) is 23.9 Å². The Bertz CT molecular complexity index is 274. The molecule has 2 nitrogen and oxygen atoms in total. The maximum atomic E-state index is 5.64. The second-order valence-electron chi connectivity index (χ2n) is 3.58. The summed E-state index contributed by atoms with van der Waals surface area (Å²) in [5.41, 5.74) is 6.77. The van der Waals surface area contributed by atoms with Crippen molar-refractivity contribution in [1.29, 1.82) is 0 Å². The van der Waals surface area contributed by atoms with Gasteiger partial charge in [0.25, 0.3) is 0 Å². The molecule has 16 heavy (non-hydrogen) atoms. The molecule has 0 saturated carbocycles. The number of hydrogen-bond acceptors (Lipinski definition) is 3. The van der Waals surface area contributed by atoms with Crippen LogP contribution < -0.4 is 10.5 Å². The monoisotopic (exact) mass is 239 g/mol. The van der Waals surface area contributed by atoms with Crippen molar-refractivity contribution in [2.24, 2.45) is 5.73 Å². The molecule has 0 amide bonds. The van der Waals surface area contributed by atoms with Gasteiger partial charge < -0.3 is 10.5 Å². The van der Waals surface area contributed by atoms with E-state index < -0.39 is 0 Å². The average molecular weight is 239 g/mol. The summed E-state index contributed by atoms with van der Waals surface area (Å²) >= 11 is 1.96. The summed E-state index contributed by atoms with van der Waals surface area (Å²) in [7, 11) is 0. The fourth-order valence-corrected chi connectivity index (χ4v) is 2.03. The van der Waals surface area contributed by atoms with Crippen molar-refractivity contribution in [1.82, 2.24) is 0 Å². The van der Waals surface area contributed by atoms with Gasteiger partial charge in [0.05, 0.1) is 6.61 Å². The molecule has 0 aromatic heterocycles. The predicted molar refractivity (Wildman–Crippen MR) is 72.3 cm³/mol. The summed E-state index contributed by atoms with van der Waals surface area (Å²) in [6, 6.07) is 8.22. The van der Waals surface area contributed by atoms with Crippen LogP contribution in [0.1, 0.15) is 18.9 Å². The molecule has 0 atom stereocenters. The predicted octanol–water partition coefficient (Wildman–Crippen LogP) is 2.71. The molecular formula is C13H21NOS. The van der Waals surface area contributed by atoms with E-state index in [-0.39, 0.29) is 0 Å². The Labute approximate surface area is 103 Å². The summed E-state index contributed by atoms with van der Waals surface area (Å²) in [5, 5.41) is 0. The standard InChI is InChI=1S/C13H21NOS/c1-2-16-11-3-10-15-13-6-4-12(5-7-13)8-9-14/h4-7H,2-3,8-11,14H2,1H3. The Kier molecular flexibility index (Phi) is 7.10. The molecule has 0 aliphatic heterocycles. The van der Waals surface area contributed by atoms with Gasteiger partial charge in [-0.2, -0.15) is 11.8 Å². The number of ether oxygens (including phenoxy) is 1. The van der Waals surface area contributed by atoms with E-state index in [4.69, 9.17) is 10.5 Å². The third kappa shape index (κ3) is 5.42. The highest BCUT2D eigenvalue weighted by Gasteiger charge is 1.95. The van der Waals surface area contributed by atoms with Gasteiger partial charge in [0.1, 0.15) is 5.75 Å². The largest absolute Gasteiger partial charge is 0.494 e. The lowest BCUT2D eigenvalue weighted by atomic mass is 10.1. The van der Waals surface area contributed by atoms with E-state index in [9.17, 15) is 0 Å². The molecule has 0 fully saturated rings. The first-order chi connectivity index (χ1) is 7.86. The molecule has 0 aliphatic rings. The van der Waals surface area contributed by atoms with Gasteiger partial charge in [0, 0.05) is 0 Å². The topological polar surface area (TPSA) is 35.2 Å². The summed E-state index contributed by atoms with van der Waals surface area (Å²) < 4.78 is 5.64. The van der Waals surface area contributed by atoms with Gasteiger partial charge in [-0.15, -0.1) is 0 Å². The zero-order valence-electron chi connectivity index (χ0n) is 9.95. The minimum atomic E-state index is 0.703. The van der Waals surface area contributed by atoms with Crippen LogP contribution in [-0.4, -0.2) is 24.7 Å². The van der Waals surface area contributed by atoms with Gasteiger partial charge in [0.15, 0.2) is 0 Å². The van der Waals surface area contributed by atoms with Crippen LogP contribution in [0.3, 0.4) is 0 Å². The van der Waals surface area contributed by atoms with Crippen molar-refractivity contribution in [3.8, 4) is 5.75 Å². The molecule has 0 aliphatic carbocycles. The van der Waals surface area contributed by atoms with E-state index in [1.54, 1.807) is 0 Å². The molecule has 0 saturated heterocycles. The van der Waals surface area contributed by atoms with Crippen LogP contribution in [-0.2, 0) is 6.42 Å². The van der Waals surface area contributed by atoms with Crippen LogP contribution >= 0.6 is 11.8 Å². The first kappa shape index (κ1) is 13.4. The molecule has 0 unspecified atom stereocenters. The molecule has 0 heterocycles. The molecule has 0 radical (unpaired) electrons. The van der Waals surface area contributed by atoms with Crippen LogP contribution in [0, 0.1) is 0 Å². The second kappa shape index (κ2) is 8.48. The molecule has 0 bridgehead atoms. The third-order valence-corrected chi connectivity index (χ3v) is 3.25. The highest BCUT2D eigenvalue weighted by atomic mass is 32.2. The van der Waals surface area contributed by atoms with Crippen molar-refractivity contribution in [3.05, 3.63) is 29.8 Å². The van der Waals surface area contributed by atoms with Crippen molar-refractivity contribution in [3.63, 3.8) is 0 Å². The van der Waals surface area contributed by atoms with Crippen molar-refractivity contribution in [2.75, 3.05) is 24.7 Å². The normalized spacial score (nSPS) is 10.4. The first-order valence-corrected chi connectivity index (χ1v) is 7.02. The summed E-state index contributed by atoms with van der Waals surface area (Å²) in [5.74, 6) is 3.33. The number of rotatable bonds is 8. The molecule has 1 aromatic rings. The lowest BCUT2D eigenvalue weighted by Crippen LogP contribution is -2.03. The summed E-state index contributed by atoms with van der Waals surface area (Å²) in [6.07, 6.45) is 2.05.